The molecule has 0 spiro atoms. The fourth-order valence-corrected chi connectivity index (χ4v) is 4.01. The largest absolute Gasteiger partial charge is 0.465 e. The van der Waals surface area contributed by atoms with E-state index < -0.39 is 23.9 Å². The number of fused-ring (bicyclic) bond motifs is 2. The first-order valence-electron chi connectivity index (χ1n) is 7.82. The zero-order valence-corrected chi connectivity index (χ0v) is 12.8. The van der Waals surface area contributed by atoms with Crippen molar-refractivity contribution in [2.24, 2.45) is 5.92 Å². The number of halogens is 2. The molecule has 1 aliphatic heterocycles. The van der Waals surface area contributed by atoms with Crippen molar-refractivity contribution in [1.82, 2.24) is 4.90 Å². The Bertz CT molecular complexity index is 549. The summed E-state index contributed by atoms with van der Waals surface area (Å²) in [4.78, 5) is 14.2. The summed E-state index contributed by atoms with van der Waals surface area (Å²) in [5.41, 5.74) is 1.03. The second-order valence-electron chi connectivity index (χ2n) is 6.19. The van der Waals surface area contributed by atoms with Crippen molar-refractivity contribution in [2.45, 2.75) is 50.7 Å². The highest BCUT2D eigenvalue weighted by atomic mass is 19.3. The van der Waals surface area contributed by atoms with Crippen LogP contribution in [0.1, 0.15) is 38.3 Å². The van der Waals surface area contributed by atoms with Gasteiger partial charge < -0.3 is 4.74 Å². The van der Waals surface area contributed by atoms with E-state index in [1.54, 1.807) is 6.92 Å². The highest BCUT2D eigenvalue weighted by Gasteiger charge is 2.64. The third-order valence-corrected chi connectivity index (χ3v) is 4.96. The zero-order chi connectivity index (χ0) is 15.9. The molecule has 120 valence electrons. The van der Waals surface area contributed by atoms with E-state index in [4.69, 9.17) is 4.74 Å². The van der Waals surface area contributed by atoms with E-state index in [-0.39, 0.29) is 25.1 Å². The first-order chi connectivity index (χ1) is 10.5. The van der Waals surface area contributed by atoms with Crippen LogP contribution in [0.2, 0.25) is 0 Å². The minimum Gasteiger partial charge on any atom is -0.465 e. The lowest BCUT2D eigenvalue weighted by atomic mass is 9.92. The molecule has 1 aliphatic carbocycles. The van der Waals surface area contributed by atoms with Gasteiger partial charge in [0.25, 0.3) is 5.92 Å². The Kier molecular flexibility index (Phi) is 3.93. The second-order valence-corrected chi connectivity index (χ2v) is 6.19. The lowest BCUT2D eigenvalue weighted by Gasteiger charge is -2.41. The van der Waals surface area contributed by atoms with Crippen molar-refractivity contribution >= 4 is 5.97 Å². The fourth-order valence-electron chi connectivity index (χ4n) is 4.01. The molecular formula is C17H21F2NO2. The number of carbonyl (C=O) groups excluding carboxylic acids is 1. The second kappa shape index (κ2) is 5.61. The summed E-state index contributed by atoms with van der Waals surface area (Å²) in [5, 5.41) is 0. The van der Waals surface area contributed by atoms with Gasteiger partial charge in [0, 0.05) is 18.5 Å². The lowest BCUT2D eigenvalue weighted by Crippen LogP contribution is -2.53. The Balaban J connectivity index is 1.90. The van der Waals surface area contributed by atoms with E-state index in [1.807, 2.05) is 42.2 Å². The van der Waals surface area contributed by atoms with Crippen molar-refractivity contribution < 1.29 is 18.3 Å². The molecule has 3 nitrogen and oxygen atoms in total. The molecule has 3 rings (SSSR count). The number of carbonyl (C=O) groups is 1. The fraction of sp³-hybridized carbons (Fsp3) is 0.588. The Morgan fingerprint density at radius 1 is 1.41 bits per heavy atom. The Labute approximate surface area is 129 Å². The molecule has 0 N–H and O–H groups in total. The van der Waals surface area contributed by atoms with E-state index in [0.29, 0.717) is 6.42 Å². The van der Waals surface area contributed by atoms with Crippen LogP contribution in [0.3, 0.4) is 0 Å². The molecule has 0 unspecified atom stereocenters. The zero-order valence-electron chi connectivity index (χ0n) is 12.8. The number of ether oxygens (including phenoxy) is 1. The van der Waals surface area contributed by atoms with Crippen LogP contribution in [-0.2, 0) is 9.53 Å². The van der Waals surface area contributed by atoms with Gasteiger partial charge in [-0.05, 0) is 25.8 Å². The van der Waals surface area contributed by atoms with Crippen LogP contribution in [-0.4, -0.2) is 35.5 Å². The molecule has 4 atom stereocenters. The van der Waals surface area contributed by atoms with Gasteiger partial charge in [-0.1, -0.05) is 30.3 Å². The van der Waals surface area contributed by atoms with Gasteiger partial charge in [-0.15, -0.1) is 0 Å². The third kappa shape index (κ3) is 2.41. The molecule has 0 amide bonds. The van der Waals surface area contributed by atoms with Crippen molar-refractivity contribution in [3.63, 3.8) is 0 Å². The van der Waals surface area contributed by atoms with Gasteiger partial charge in [-0.3, -0.25) is 9.69 Å². The molecule has 2 bridgehead atoms. The molecular weight excluding hydrogens is 288 g/mol. The van der Waals surface area contributed by atoms with Crippen molar-refractivity contribution in [3.05, 3.63) is 35.9 Å². The highest BCUT2D eigenvalue weighted by Crippen LogP contribution is 2.54. The molecule has 22 heavy (non-hydrogen) atoms. The van der Waals surface area contributed by atoms with Crippen LogP contribution in [0.5, 0.6) is 0 Å². The molecule has 2 fully saturated rings. The van der Waals surface area contributed by atoms with Crippen LogP contribution in [0.15, 0.2) is 30.3 Å². The number of rotatable bonds is 4. The van der Waals surface area contributed by atoms with E-state index in [9.17, 15) is 13.6 Å². The number of alkyl halides is 2. The number of piperidine rings is 1. The summed E-state index contributed by atoms with van der Waals surface area (Å²) < 4.78 is 33.3. The molecule has 0 radical (unpaired) electrons. The number of likely N-dealkylation sites (tertiary alicyclic amines) is 1. The van der Waals surface area contributed by atoms with E-state index in [2.05, 4.69) is 0 Å². The average Bonchev–Trinajstić information content (AvgIpc) is 3.00. The van der Waals surface area contributed by atoms with Gasteiger partial charge in [0.05, 0.1) is 12.5 Å². The Hall–Kier alpha value is -1.49. The van der Waals surface area contributed by atoms with Gasteiger partial charge >= 0.3 is 5.97 Å². The predicted molar refractivity (Wildman–Crippen MR) is 78.6 cm³/mol. The van der Waals surface area contributed by atoms with Gasteiger partial charge in [0.1, 0.15) is 6.04 Å². The first kappa shape index (κ1) is 15.4. The predicted octanol–water partition coefficient (Wildman–Crippen LogP) is 3.41. The van der Waals surface area contributed by atoms with Gasteiger partial charge in [0.2, 0.25) is 0 Å². The summed E-state index contributed by atoms with van der Waals surface area (Å²) in [7, 11) is 0. The van der Waals surface area contributed by atoms with Gasteiger partial charge in [-0.2, -0.15) is 0 Å². The molecule has 0 aromatic heterocycles. The number of nitrogens with zero attached hydrogens (tertiary/aromatic N) is 1. The molecule has 2 aliphatic rings. The maximum atomic E-state index is 14.1. The van der Waals surface area contributed by atoms with Crippen LogP contribution < -0.4 is 0 Å². The summed E-state index contributed by atoms with van der Waals surface area (Å²) in [5.74, 6) is -4.21. The summed E-state index contributed by atoms with van der Waals surface area (Å²) in [6.07, 6.45) is 0.207. The first-order valence-corrected chi connectivity index (χ1v) is 7.82. The number of hydrogen-bond donors (Lipinski definition) is 0. The maximum Gasteiger partial charge on any atom is 0.323 e. The summed E-state index contributed by atoms with van der Waals surface area (Å²) in [6.45, 7) is 3.89. The topological polar surface area (TPSA) is 29.5 Å². The minimum atomic E-state index is -2.77. The van der Waals surface area contributed by atoms with Crippen LogP contribution in [0.25, 0.3) is 0 Å². The van der Waals surface area contributed by atoms with Crippen LogP contribution in [0, 0.1) is 5.92 Å². The molecule has 1 aromatic carbocycles. The minimum absolute atomic E-state index is 0.0818. The number of benzene rings is 1. The van der Waals surface area contributed by atoms with Gasteiger partial charge in [0.15, 0.2) is 0 Å². The highest BCUT2D eigenvalue weighted by molar-refractivity contribution is 5.77. The molecule has 1 saturated heterocycles. The number of esters is 1. The summed E-state index contributed by atoms with van der Waals surface area (Å²) >= 11 is 0. The van der Waals surface area contributed by atoms with Crippen molar-refractivity contribution in [3.8, 4) is 0 Å². The van der Waals surface area contributed by atoms with Crippen LogP contribution in [0.4, 0.5) is 8.78 Å². The molecule has 1 heterocycles. The van der Waals surface area contributed by atoms with E-state index in [0.717, 1.165) is 5.56 Å². The maximum absolute atomic E-state index is 14.1. The smallest absolute Gasteiger partial charge is 0.323 e. The SMILES string of the molecule is CCOC(=O)[C@@H]1[C@@H]2C[C@@H](CC2(F)F)N1[C@H](C)c1ccccc1. The number of hydrogen-bond acceptors (Lipinski definition) is 3. The monoisotopic (exact) mass is 309 g/mol. The summed E-state index contributed by atoms with van der Waals surface area (Å²) in [6, 6.07) is 8.52. The quantitative estimate of drug-likeness (QED) is 0.798. The molecule has 5 heteroatoms. The van der Waals surface area contributed by atoms with Crippen molar-refractivity contribution in [2.75, 3.05) is 6.61 Å². The standard InChI is InChI=1S/C17H21F2NO2/c1-3-22-16(21)15-14-9-13(10-17(14,18)19)20(15)11(2)12-7-5-4-6-8-12/h4-8,11,13-15H,3,9-10H2,1-2H3/t11-,13+,14+,15+/m1/s1. The Morgan fingerprint density at radius 2 is 2.09 bits per heavy atom. The average molecular weight is 309 g/mol. The molecule has 1 saturated carbocycles. The normalized spacial score (nSPS) is 31.2. The van der Waals surface area contributed by atoms with Gasteiger partial charge in [-0.25, -0.2) is 8.78 Å². The van der Waals surface area contributed by atoms with Crippen molar-refractivity contribution in [1.29, 1.82) is 0 Å². The lowest BCUT2D eigenvalue weighted by molar-refractivity contribution is -0.164. The van der Waals surface area contributed by atoms with E-state index >= 15 is 0 Å². The van der Waals surface area contributed by atoms with Crippen LogP contribution >= 0.6 is 0 Å². The molecule has 1 aromatic rings. The van der Waals surface area contributed by atoms with E-state index in [1.165, 1.54) is 0 Å². The Morgan fingerprint density at radius 3 is 2.73 bits per heavy atom. The third-order valence-electron chi connectivity index (χ3n) is 4.96.